The maximum absolute atomic E-state index is 2.39. The van der Waals surface area contributed by atoms with E-state index in [0.29, 0.717) is 0 Å². The highest BCUT2D eigenvalue weighted by atomic mass is 32.1. The molecule has 0 unspecified atom stereocenters. The minimum absolute atomic E-state index is 1.15. The van der Waals surface area contributed by atoms with E-state index in [0.717, 1.165) is 12.8 Å². The lowest BCUT2D eigenvalue weighted by Crippen LogP contribution is -1.91. The Hall–Kier alpha value is -5.50. The van der Waals surface area contributed by atoms with Crippen molar-refractivity contribution in [1.82, 2.24) is 0 Å². The Bertz CT molecular complexity index is 2660. The van der Waals surface area contributed by atoms with Crippen molar-refractivity contribution in [1.29, 1.82) is 0 Å². The van der Waals surface area contributed by atoms with Crippen LogP contribution in [0.1, 0.15) is 16.9 Å². The van der Waals surface area contributed by atoms with Crippen molar-refractivity contribution in [3.8, 4) is 33.4 Å². The molecule has 10 rings (SSSR count). The maximum atomic E-state index is 2.39. The van der Waals surface area contributed by atoms with E-state index in [-0.39, 0.29) is 0 Å². The number of hydrogen-bond acceptors (Lipinski definition) is 1. The van der Waals surface area contributed by atoms with Gasteiger partial charge in [0.05, 0.1) is 0 Å². The lowest BCUT2D eigenvalue weighted by Gasteiger charge is -2.18. The summed E-state index contributed by atoms with van der Waals surface area (Å²) in [6, 6.07) is 54.3. The van der Waals surface area contributed by atoms with E-state index in [1.54, 1.807) is 0 Å². The first-order valence-corrected chi connectivity index (χ1v) is 17.3. The summed E-state index contributed by atoms with van der Waals surface area (Å²) in [6.45, 7) is 0. The van der Waals surface area contributed by atoms with Crippen molar-refractivity contribution in [3.05, 3.63) is 162 Å². The van der Waals surface area contributed by atoms with E-state index in [1.807, 2.05) is 11.3 Å². The van der Waals surface area contributed by atoms with Gasteiger partial charge in [-0.05, 0) is 113 Å². The molecule has 0 saturated carbocycles. The normalized spacial score (nSPS) is 12.9. The van der Waals surface area contributed by atoms with Gasteiger partial charge < -0.3 is 0 Å². The van der Waals surface area contributed by atoms with Crippen LogP contribution in [0.4, 0.5) is 0 Å². The highest BCUT2D eigenvalue weighted by Crippen LogP contribution is 2.45. The maximum Gasteiger partial charge on any atom is 0.0352 e. The largest absolute Gasteiger partial charge is 0.140 e. The van der Waals surface area contributed by atoms with E-state index in [1.165, 1.54) is 97.0 Å². The molecule has 0 spiro atoms. The van der Waals surface area contributed by atoms with Crippen molar-refractivity contribution in [2.24, 2.45) is 0 Å². The molecule has 1 heterocycles. The van der Waals surface area contributed by atoms with Crippen LogP contribution in [0, 0.1) is 0 Å². The van der Waals surface area contributed by atoms with Crippen LogP contribution in [-0.2, 0) is 6.42 Å². The zero-order valence-electron chi connectivity index (χ0n) is 25.8. The molecule has 220 valence electrons. The van der Waals surface area contributed by atoms with Crippen LogP contribution in [0.15, 0.2) is 152 Å². The van der Waals surface area contributed by atoms with Gasteiger partial charge in [-0.1, -0.05) is 140 Å². The van der Waals surface area contributed by atoms with Crippen molar-refractivity contribution < 1.29 is 0 Å². The quantitative estimate of drug-likeness (QED) is 0.137. The highest BCUT2D eigenvalue weighted by molar-refractivity contribution is 7.19. The number of thiophene rings is 1. The van der Waals surface area contributed by atoms with Gasteiger partial charge in [-0.25, -0.2) is 0 Å². The fourth-order valence-corrected chi connectivity index (χ4v) is 9.07. The topological polar surface area (TPSA) is 0 Å². The van der Waals surface area contributed by atoms with Crippen LogP contribution in [0.5, 0.6) is 0 Å². The summed E-state index contributed by atoms with van der Waals surface area (Å²) in [5, 5.41) is 11.7. The molecule has 0 radical (unpaired) electrons. The standard InChI is InChI=1S/C46H30S/c1-2-10-35-30(9-1)19-22-33-27-34(23-25-36(33)35)46-40-14-5-3-12-38(40)45(39-13-4-6-15-41(39)46)31-20-17-29(18-21-31)32-24-26-44-42(28-32)37-11-7-8-16-43(37)47-44/h1-7,9-15,17-28H,8,16H2. The molecule has 0 aliphatic heterocycles. The first-order valence-electron chi connectivity index (χ1n) is 16.5. The van der Waals surface area contributed by atoms with Crippen molar-refractivity contribution >= 4 is 70.6 Å². The summed E-state index contributed by atoms with van der Waals surface area (Å²) < 4.78 is 1.39. The molecule has 0 nitrogen and oxygen atoms in total. The smallest absolute Gasteiger partial charge is 0.0352 e. The van der Waals surface area contributed by atoms with Crippen molar-refractivity contribution in [2.45, 2.75) is 12.8 Å². The summed E-state index contributed by atoms with van der Waals surface area (Å²) in [5.41, 5.74) is 9.05. The summed E-state index contributed by atoms with van der Waals surface area (Å²) in [4.78, 5) is 1.52. The molecule has 0 bridgehead atoms. The van der Waals surface area contributed by atoms with E-state index in [9.17, 15) is 0 Å². The Morgan fingerprint density at radius 1 is 0.404 bits per heavy atom. The zero-order valence-corrected chi connectivity index (χ0v) is 26.7. The van der Waals surface area contributed by atoms with Crippen LogP contribution >= 0.6 is 11.3 Å². The molecule has 1 aliphatic carbocycles. The second-order valence-electron chi connectivity index (χ2n) is 12.7. The van der Waals surface area contributed by atoms with Gasteiger partial charge in [0.2, 0.25) is 0 Å². The Labute approximate surface area is 277 Å². The third kappa shape index (κ3) is 4.20. The van der Waals surface area contributed by atoms with Crippen LogP contribution in [0.2, 0.25) is 0 Å². The second-order valence-corrected chi connectivity index (χ2v) is 13.9. The first-order chi connectivity index (χ1) is 23.3. The minimum Gasteiger partial charge on any atom is -0.140 e. The number of aryl methyl sites for hydroxylation is 1. The van der Waals surface area contributed by atoms with Gasteiger partial charge in [0, 0.05) is 15.0 Å². The molecular formula is C46H30S. The van der Waals surface area contributed by atoms with Crippen molar-refractivity contribution in [3.63, 3.8) is 0 Å². The summed E-state index contributed by atoms with van der Waals surface area (Å²) in [7, 11) is 0. The number of fused-ring (bicyclic) bond motifs is 8. The Kier molecular flexibility index (Phi) is 5.97. The summed E-state index contributed by atoms with van der Waals surface area (Å²) in [6.07, 6.45) is 6.95. The average Bonchev–Trinajstić information content (AvgIpc) is 3.51. The van der Waals surface area contributed by atoms with E-state index in [4.69, 9.17) is 0 Å². The average molecular weight is 615 g/mol. The van der Waals surface area contributed by atoms with Gasteiger partial charge in [0.15, 0.2) is 0 Å². The molecule has 1 aliphatic rings. The molecular weight excluding hydrogens is 585 g/mol. The molecule has 0 saturated heterocycles. The van der Waals surface area contributed by atoms with Gasteiger partial charge in [-0.2, -0.15) is 0 Å². The molecule has 9 aromatic rings. The second kappa shape index (κ2) is 10.5. The monoisotopic (exact) mass is 614 g/mol. The van der Waals surface area contributed by atoms with Gasteiger partial charge in [0.25, 0.3) is 0 Å². The number of hydrogen-bond donors (Lipinski definition) is 0. The lowest BCUT2D eigenvalue weighted by atomic mass is 9.85. The third-order valence-corrected chi connectivity index (χ3v) is 11.3. The van der Waals surface area contributed by atoms with Crippen LogP contribution in [-0.4, -0.2) is 0 Å². The van der Waals surface area contributed by atoms with Crippen LogP contribution < -0.4 is 0 Å². The van der Waals surface area contributed by atoms with Crippen LogP contribution in [0.25, 0.3) is 92.6 Å². The highest BCUT2D eigenvalue weighted by Gasteiger charge is 2.18. The summed E-state index contributed by atoms with van der Waals surface area (Å²) >= 11 is 1.95. The Morgan fingerprint density at radius 2 is 0.979 bits per heavy atom. The SMILES string of the molecule is C1=Cc2c(sc3ccc(-c4ccc(-c5c6ccccc6c(-c6ccc7c(ccc8ccccc87)c6)c6ccccc56)cc4)cc23)CC1. The molecule has 1 aromatic heterocycles. The van der Waals surface area contributed by atoms with Crippen molar-refractivity contribution in [2.75, 3.05) is 0 Å². The number of rotatable bonds is 3. The predicted octanol–water partition coefficient (Wildman–Crippen LogP) is 13.5. The molecule has 8 aromatic carbocycles. The van der Waals surface area contributed by atoms with E-state index < -0.39 is 0 Å². The Morgan fingerprint density at radius 3 is 1.72 bits per heavy atom. The minimum atomic E-state index is 1.15. The molecule has 0 atom stereocenters. The zero-order chi connectivity index (χ0) is 30.9. The molecule has 0 N–H and O–H groups in total. The lowest BCUT2D eigenvalue weighted by molar-refractivity contribution is 1.02. The fraction of sp³-hybridized carbons (Fsp3) is 0.0435. The third-order valence-electron chi connectivity index (χ3n) is 10.1. The fourth-order valence-electron chi connectivity index (χ4n) is 7.88. The van der Waals surface area contributed by atoms with Gasteiger partial charge in [-0.3, -0.25) is 0 Å². The van der Waals surface area contributed by atoms with Gasteiger partial charge in [-0.15, -0.1) is 11.3 Å². The Balaban J connectivity index is 1.14. The van der Waals surface area contributed by atoms with Crippen LogP contribution in [0.3, 0.4) is 0 Å². The van der Waals surface area contributed by atoms with E-state index >= 15 is 0 Å². The van der Waals surface area contributed by atoms with Gasteiger partial charge in [0.1, 0.15) is 0 Å². The molecule has 1 heteroatoms. The molecule has 0 amide bonds. The molecule has 0 fully saturated rings. The molecule has 47 heavy (non-hydrogen) atoms. The first kappa shape index (κ1) is 26.7. The summed E-state index contributed by atoms with van der Waals surface area (Å²) in [5.74, 6) is 0. The van der Waals surface area contributed by atoms with E-state index in [2.05, 4.69) is 158 Å². The number of benzene rings is 8. The number of allylic oxidation sites excluding steroid dienone is 1. The predicted molar refractivity (Wildman–Crippen MR) is 206 cm³/mol. The van der Waals surface area contributed by atoms with Gasteiger partial charge >= 0.3 is 0 Å².